The average Bonchev–Trinajstić information content (AvgIpc) is 2.18. The maximum Gasteiger partial charge on any atom is 0.336 e. The van der Waals surface area contributed by atoms with Gasteiger partial charge >= 0.3 is 5.63 Å². The first-order chi connectivity index (χ1) is 6.72. The van der Waals surface area contributed by atoms with Gasteiger partial charge in [0, 0.05) is 17.0 Å². The molecular weight excluding hydrogens is 180 g/mol. The molecule has 0 saturated heterocycles. The van der Waals surface area contributed by atoms with Gasteiger partial charge in [-0.1, -0.05) is 0 Å². The van der Waals surface area contributed by atoms with E-state index in [0.717, 1.165) is 16.7 Å². The molecule has 14 heavy (non-hydrogen) atoms. The number of hydrogen-bond acceptors (Lipinski definition) is 3. The smallest absolute Gasteiger partial charge is 0.336 e. The van der Waals surface area contributed by atoms with Gasteiger partial charge in [0.05, 0.1) is 7.11 Å². The fourth-order valence-electron chi connectivity index (χ4n) is 1.49. The fraction of sp³-hybridized carbons (Fsp3) is 0.182. The van der Waals surface area contributed by atoms with Gasteiger partial charge in [-0.3, -0.25) is 0 Å². The standard InChI is InChI=1S/C11H10O3/c1-7-8-3-6-11(12)14-10(8)5-4-9(7)13-2/h3-6H,1-2H3. The summed E-state index contributed by atoms with van der Waals surface area (Å²) in [6.07, 6.45) is 0. The van der Waals surface area contributed by atoms with Crippen molar-refractivity contribution >= 4 is 11.0 Å². The van der Waals surface area contributed by atoms with E-state index in [2.05, 4.69) is 0 Å². The first-order valence-electron chi connectivity index (χ1n) is 4.30. The Labute approximate surface area is 80.9 Å². The molecule has 0 aliphatic carbocycles. The molecule has 0 fully saturated rings. The largest absolute Gasteiger partial charge is 0.496 e. The van der Waals surface area contributed by atoms with Crippen LogP contribution in [0.4, 0.5) is 0 Å². The van der Waals surface area contributed by atoms with Crippen LogP contribution in [0.3, 0.4) is 0 Å². The van der Waals surface area contributed by atoms with E-state index < -0.39 is 0 Å². The molecule has 1 aromatic carbocycles. The number of fused-ring (bicyclic) bond motifs is 1. The zero-order chi connectivity index (χ0) is 10.1. The number of hydrogen-bond donors (Lipinski definition) is 0. The lowest BCUT2D eigenvalue weighted by molar-refractivity contribution is 0.412. The Kier molecular flexibility index (Phi) is 2.00. The molecule has 0 saturated carbocycles. The third-order valence-corrected chi connectivity index (χ3v) is 2.24. The first-order valence-corrected chi connectivity index (χ1v) is 4.30. The normalized spacial score (nSPS) is 10.4. The molecule has 0 aliphatic rings. The highest BCUT2D eigenvalue weighted by molar-refractivity contribution is 5.82. The minimum Gasteiger partial charge on any atom is -0.496 e. The molecule has 3 heteroatoms. The van der Waals surface area contributed by atoms with E-state index in [1.807, 2.05) is 6.92 Å². The molecule has 0 spiro atoms. The van der Waals surface area contributed by atoms with Crippen LogP contribution in [0.5, 0.6) is 5.75 Å². The number of ether oxygens (including phenoxy) is 1. The van der Waals surface area contributed by atoms with Gasteiger partial charge in [-0.15, -0.1) is 0 Å². The Hall–Kier alpha value is -1.77. The number of rotatable bonds is 1. The highest BCUT2D eigenvalue weighted by atomic mass is 16.5. The molecule has 0 radical (unpaired) electrons. The van der Waals surface area contributed by atoms with E-state index >= 15 is 0 Å². The van der Waals surface area contributed by atoms with E-state index in [-0.39, 0.29) is 5.63 Å². The Morgan fingerprint density at radius 1 is 1.21 bits per heavy atom. The van der Waals surface area contributed by atoms with Gasteiger partial charge in [0.15, 0.2) is 0 Å². The highest BCUT2D eigenvalue weighted by Crippen LogP contribution is 2.25. The molecule has 2 aromatic rings. The van der Waals surface area contributed by atoms with Gasteiger partial charge in [-0.2, -0.15) is 0 Å². The zero-order valence-electron chi connectivity index (χ0n) is 8.03. The molecule has 0 amide bonds. The predicted molar refractivity (Wildman–Crippen MR) is 53.8 cm³/mol. The van der Waals surface area contributed by atoms with Crippen LogP contribution in [0.25, 0.3) is 11.0 Å². The van der Waals surface area contributed by atoms with Crippen molar-refractivity contribution in [3.8, 4) is 5.75 Å². The van der Waals surface area contributed by atoms with E-state index in [1.165, 1.54) is 6.07 Å². The van der Waals surface area contributed by atoms with Crippen LogP contribution in [0, 0.1) is 6.92 Å². The van der Waals surface area contributed by atoms with Crippen molar-refractivity contribution in [3.05, 3.63) is 40.2 Å². The maximum atomic E-state index is 11.0. The summed E-state index contributed by atoms with van der Waals surface area (Å²) in [5, 5.41) is 0.906. The van der Waals surface area contributed by atoms with Crippen LogP contribution >= 0.6 is 0 Å². The van der Waals surface area contributed by atoms with Gasteiger partial charge in [0.2, 0.25) is 0 Å². The second-order valence-corrected chi connectivity index (χ2v) is 3.06. The second-order valence-electron chi connectivity index (χ2n) is 3.06. The van der Waals surface area contributed by atoms with Crippen LogP contribution in [0.15, 0.2) is 33.5 Å². The molecule has 3 nitrogen and oxygen atoms in total. The molecule has 0 N–H and O–H groups in total. The van der Waals surface area contributed by atoms with Crippen molar-refractivity contribution < 1.29 is 9.15 Å². The number of methoxy groups -OCH3 is 1. The lowest BCUT2D eigenvalue weighted by atomic mass is 10.1. The molecule has 0 unspecified atom stereocenters. The van der Waals surface area contributed by atoms with Crippen molar-refractivity contribution in [1.29, 1.82) is 0 Å². The Bertz CT molecular complexity index is 526. The lowest BCUT2D eigenvalue weighted by Crippen LogP contribution is -1.96. The third-order valence-electron chi connectivity index (χ3n) is 2.24. The molecular formula is C11H10O3. The van der Waals surface area contributed by atoms with Crippen molar-refractivity contribution in [1.82, 2.24) is 0 Å². The summed E-state index contributed by atoms with van der Waals surface area (Å²) in [7, 11) is 1.62. The molecule has 0 bridgehead atoms. The lowest BCUT2D eigenvalue weighted by Gasteiger charge is -2.06. The van der Waals surface area contributed by atoms with Gasteiger partial charge in [0.1, 0.15) is 11.3 Å². The van der Waals surface area contributed by atoms with E-state index in [0.29, 0.717) is 5.58 Å². The van der Waals surface area contributed by atoms with Crippen molar-refractivity contribution in [2.75, 3.05) is 7.11 Å². The Morgan fingerprint density at radius 3 is 2.71 bits per heavy atom. The molecule has 2 rings (SSSR count). The van der Waals surface area contributed by atoms with E-state index in [4.69, 9.17) is 9.15 Å². The van der Waals surface area contributed by atoms with Crippen LogP contribution in [-0.2, 0) is 0 Å². The maximum absolute atomic E-state index is 11.0. The molecule has 1 aromatic heterocycles. The summed E-state index contributed by atoms with van der Waals surface area (Å²) in [5.41, 5.74) is 1.24. The zero-order valence-corrected chi connectivity index (χ0v) is 8.03. The Balaban J connectivity index is 2.84. The van der Waals surface area contributed by atoms with Crippen LogP contribution in [0.1, 0.15) is 5.56 Å². The van der Waals surface area contributed by atoms with Gasteiger partial charge in [-0.25, -0.2) is 4.79 Å². The minimum atomic E-state index is -0.331. The minimum absolute atomic E-state index is 0.331. The van der Waals surface area contributed by atoms with Gasteiger partial charge in [0.25, 0.3) is 0 Å². The summed E-state index contributed by atoms with van der Waals surface area (Å²) in [5.74, 6) is 0.798. The van der Waals surface area contributed by atoms with Crippen molar-refractivity contribution in [2.45, 2.75) is 6.92 Å². The topological polar surface area (TPSA) is 39.4 Å². The van der Waals surface area contributed by atoms with Gasteiger partial charge < -0.3 is 9.15 Å². The first kappa shape index (κ1) is 8.81. The number of aryl methyl sites for hydroxylation is 1. The Morgan fingerprint density at radius 2 is 2.00 bits per heavy atom. The molecule has 1 heterocycles. The summed E-state index contributed by atoms with van der Waals surface area (Å²) in [4.78, 5) is 11.0. The molecule has 72 valence electrons. The summed E-state index contributed by atoms with van der Waals surface area (Å²) < 4.78 is 10.2. The van der Waals surface area contributed by atoms with Crippen molar-refractivity contribution in [3.63, 3.8) is 0 Å². The molecule has 0 aliphatic heterocycles. The van der Waals surface area contributed by atoms with Crippen LogP contribution in [0.2, 0.25) is 0 Å². The monoisotopic (exact) mass is 190 g/mol. The molecule has 0 atom stereocenters. The van der Waals surface area contributed by atoms with Gasteiger partial charge in [-0.05, 0) is 25.1 Å². The highest BCUT2D eigenvalue weighted by Gasteiger charge is 2.04. The van der Waals surface area contributed by atoms with Crippen LogP contribution < -0.4 is 10.4 Å². The van der Waals surface area contributed by atoms with E-state index in [1.54, 1.807) is 25.3 Å². The fourth-order valence-corrected chi connectivity index (χ4v) is 1.49. The van der Waals surface area contributed by atoms with Crippen molar-refractivity contribution in [2.24, 2.45) is 0 Å². The third kappa shape index (κ3) is 1.27. The van der Waals surface area contributed by atoms with E-state index in [9.17, 15) is 4.79 Å². The summed E-state index contributed by atoms with van der Waals surface area (Å²) >= 11 is 0. The second kappa shape index (κ2) is 3.18. The number of benzene rings is 1. The summed E-state index contributed by atoms with van der Waals surface area (Å²) in [6, 6.07) is 6.69. The SMILES string of the molecule is COc1ccc2oc(=O)ccc2c1C. The predicted octanol–water partition coefficient (Wildman–Crippen LogP) is 2.11. The quantitative estimate of drug-likeness (QED) is 0.646. The summed E-state index contributed by atoms with van der Waals surface area (Å²) in [6.45, 7) is 1.93. The average molecular weight is 190 g/mol. The van der Waals surface area contributed by atoms with Crippen LogP contribution in [-0.4, -0.2) is 7.11 Å².